The molecule has 0 saturated heterocycles. The van der Waals surface area contributed by atoms with Crippen LogP contribution in [0.5, 0.6) is 11.5 Å². The Morgan fingerprint density at radius 1 is 1.22 bits per heavy atom. The molecule has 23 heavy (non-hydrogen) atoms. The van der Waals surface area contributed by atoms with Gasteiger partial charge in [0.25, 0.3) is 0 Å². The van der Waals surface area contributed by atoms with Gasteiger partial charge in [-0.05, 0) is 36.4 Å². The molecule has 120 valence electrons. The number of nitrogens with one attached hydrogen (secondary N) is 1. The number of halogens is 1. The molecule has 0 aliphatic heterocycles. The molecule has 0 spiro atoms. The Morgan fingerprint density at radius 2 is 2.00 bits per heavy atom. The summed E-state index contributed by atoms with van der Waals surface area (Å²) in [5.41, 5.74) is 0.987. The molecular weight excluding hydrogens is 299 g/mol. The van der Waals surface area contributed by atoms with Gasteiger partial charge < -0.3 is 19.9 Å². The maximum absolute atomic E-state index is 13.8. The summed E-state index contributed by atoms with van der Waals surface area (Å²) in [5, 5.41) is 21.9. The molecule has 0 fully saturated rings. The van der Waals surface area contributed by atoms with Crippen LogP contribution < -0.4 is 14.8 Å². The van der Waals surface area contributed by atoms with Gasteiger partial charge in [-0.25, -0.2) is 4.39 Å². The molecule has 5 nitrogen and oxygen atoms in total. The van der Waals surface area contributed by atoms with Crippen LogP contribution in [0.2, 0.25) is 0 Å². The van der Waals surface area contributed by atoms with E-state index in [9.17, 15) is 9.50 Å². The zero-order valence-electron chi connectivity index (χ0n) is 12.8. The number of methoxy groups -OCH3 is 2. The molecule has 0 saturated carbocycles. The van der Waals surface area contributed by atoms with Gasteiger partial charge in [0.05, 0.1) is 37.6 Å². The van der Waals surface area contributed by atoms with Crippen LogP contribution in [0.1, 0.15) is 17.2 Å². The topological polar surface area (TPSA) is 74.5 Å². The van der Waals surface area contributed by atoms with Crippen LogP contribution in [0, 0.1) is 17.1 Å². The predicted octanol–water partition coefficient (Wildman–Crippen LogP) is 2.86. The summed E-state index contributed by atoms with van der Waals surface area (Å²) in [6.07, 6.45) is -0.921. The Kier molecular flexibility index (Phi) is 5.39. The summed E-state index contributed by atoms with van der Waals surface area (Å²) in [6.45, 7) is 0.0757. The van der Waals surface area contributed by atoms with Crippen molar-refractivity contribution in [1.82, 2.24) is 0 Å². The number of rotatable bonds is 6. The van der Waals surface area contributed by atoms with E-state index in [1.165, 1.54) is 26.4 Å². The van der Waals surface area contributed by atoms with E-state index < -0.39 is 11.9 Å². The Bertz CT molecular complexity index is 728. The smallest absolute Gasteiger partial charge is 0.147 e. The van der Waals surface area contributed by atoms with E-state index in [2.05, 4.69) is 5.32 Å². The van der Waals surface area contributed by atoms with Gasteiger partial charge in [-0.15, -0.1) is 0 Å². The first-order valence-corrected chi connectivity index (χ1v) is 6.92. The van der Waals surface area contributed by atoms with E-state index in [1.807, 2.05) is 6.07 Å². The lowest BCUT2D eigenvalue weighted by molar-refractivity contribution is 0.186. The average Bonchev–Trinajstić information content (AvgIpc) is 2.59. The van der Waals surface area contributed by atoms with Crippen LogP contribution in [-0.2, 0) is 0 Å². The fourth-order valence-corrected chi connectivity index (χ4v) is 2.14. The van der Waals surface area contributed by atoms with Gasteiger partial charge >= 0.3 is 0 Å². The van der Waals surface area contributed by atoms with Crippen molar-refractivity contribution in [3.05, 3.63) is 53.3 Å². The number of hydrogen-bond acceptors (Lipinski definition) is 5. The number of hydrogen-bond donors (Lipinski definition) is 2. The molecule has 0 aliphatic rings. The number of nitrogens with zero attached hydrogens (tertiary/aromatic N) is 1. The van der Waals surface area contributed by atoms with E-state index in [4.69, 9.17) is 14.7 Å². The largest absolute Gasteiger partial charge is 0.497 e. The molecule has 0 radical (unpaired) electrons. The molecule has 2 aromatic rings. The van der Waals surface area contributed by atoms with Crippen molar-refractivity contribution in [1.29, 1.82) is 5.26 Å². The van der Waals surface area contributed by atoms with E-state index >= 15 is 0 Å². The maximum atomic E-state index is 13.8. The van der Waals surface area contributed by atoms with Crippen LogP contribution in [0.3, 0.4) is 0 Å². The quantitative estimate of drug-likeness (QED) is 0.857. The number of nitriles is 1. The third-order valence-electron chi connectivity index (χ3n) is 3.38. The molecule has 6 heteroatoms. The molecule has 2 N–H and O–H groups in total. The van der Waals surface area contributed by atoms with E-state index in [0.717, 1.165) is 6.07 Å². The summed E-state index contributed by atoms with van der Waals surface area (Å²) in [6, 6.07) is 11.1. The molecule has 0 heterocycles. The van der Waals surface area contributed by atoms with Crippen molar-refractivity contribution < 1.29 is 19.0 Å². The Balaban J connectivity index is 2.13. The second kappa shape index (κ2) is 7.47. The molecular formula is C17H17FN2O3. The minimum Gasteiger partial charge on any atom is -0.497 e. The van der Waals surface area contributed by atoms with Crippen LogP contribution in [0.4, 0.5) is 10.1 Å². The second-order valence-corrected chi connectivity index (χ2v) is 4.81. The Labute approximate surface area is 133 Å². The second-order valence-electron chi connectivity index (χ2n) is 4.81. The standard InChI is InChI=1S/C17H17FN2O3/c1-22-12-4-6-17(23-2)13(8-12)16(21)10-20-15-5-3-11(9-19)7-14(15)18/h3-8,16,20-21H,10H2,1-2H3. The summed E-state index contributed by atoms with van der Waals surface area (Å²) in [5.74, 6) is 0.554. The van der Waals surface area contributed by atoms with E-state index in [0.29, 0.717) is 17.1 Å². The first kappa shape index (κ1) is 16.6. The maximum Gasteiger partial charge on any atom is 0.147 e. The molecule has 0 aromatic heterocycles. The van der Waals surface area contributed by atoms with Crippen molar-refractivity contribution in [3.8, 4) is 17.6 Å². The average molecular weight is 316 g/mol. The summed E-state index contributed by atoms with van der Waals surface area (Å²) < 4.78 is 24.2. The highest BCUT2D eigenvalue weighted by Crippen LogP contribution is 2.29. The van der Waals surface area contributed by atoms with Crippen LogP contribution in [0.25, 0.3) is 0 Å². The fraction of sp³-hybridized carbons (Fsp3) is 0.235. The molecule has 2 rings (SSSR count). The zero-order valence-corrected chi connectivity index (χ0v) is 12.8. The molecule has 2 aromatic carbocycles. The lowest BCUT2D eigenvalue weighted by Gasteiger charge is -2.17. The number of aliphatic hydroxyl groups excluding tert-OH is 1. The highest BCUT2D eigenvalue weighted by Gasteiger charge is 2.15. The van der Waals surface area contributed by atoms with Crippen molar-refractivity contribution in [3.63, 3.8) is 0 Å². The van der Waals surface area contributed by atoms with Crippen molar-refractivity contribution in [2.45, 2.75) is 6.10 Å². The first-order valence-electron chi connectivity index (χ1n) is 6.92. The number of anilines is 1. The molecule has 1 atom stereocenters. The van der Waals surface area contributed by atoms with Gasteiger partial charge in [0.1, 0.15) is 17.3 Å². The lowest BCUT2D eigenvalue weighted by atomic mass is 10.1. The highest BCUT2D eigenvalue weighted by atomic mass is 19.1. The minimum absolute atomic E-state index is 0.0757. The van der Waals surface area contributed by atoms with Crippen molar-refractivity contribution in [2.75, 3.05) is 26.1 Å². The minimum atomic E-state index is -0.921. The van der Waals surface area contributed by atoms with Gasteiger partial charge in [-0.2, -0.15) is 5.26 Å². The number of benzene rings is 2. The molecule has 0 amide bonds. The monoisotopic (exact) mass is 316 g/mol. The van der Waals surface area contributed by atoms with E-state index in [-0.39, 0.29) is 17.8 Å². The highest BCUT2D eigenvalue weighted by molar-refractivity contribution is 5.49. The van der Waals surface area contributed by atoms with Gasteiger partial charge in [0, 0.05) is 12.1 Å². The fourth-order valence-electron chi connectivity index (χ4n) is 2.14. The van der Waals surface area contributed by atoms with Crippen LogP contribution >= 0.6 is 0 Å². The van der Waals surface area contributed by atoms with E-state index in [1.54, 1.807) is 18.2 Å². The molecule has 1 unspecified atom stereocenters. The van der Waals surface area contributed by atoms with Gasteiger partial charge in [-0.3, -0.25) is 0 Å². The summed E-state index contributed by atoms with van der Waals surface area (Å²) in [7, 11) is 3.04. The lowest BCUT2D eigenvalue weighted by Crippen LogP contribution is -2.14. The summed E-state index contributed by atoms with van der Waals surface area (Å²) >= 11 is 0. The van der Waals surface area contributed by atoms with Crippen LogP contribution in [-0.4, -0.2) is 25.9 Å². The Morgan fingerprint density at radius 3 is 2.61 bits per heavy atom. The Hall–Kier alpha value is -2.78. The SMILES string of the molecule is COc1ccc(OC)c(C(O)CNc2ccc(C#N)cc2F)c1. The van der Waals surface area contributed by atoms with Gasteiger partial charge in [0.2, 0.25) is 0 Å². The third-order valence-corrected chi connectivity index (χ3v) is 3.38. The predicted molar refractivity (Wildman–Crippen MR) is 84.1 cm³/mol. The zero-order chi connectivity index (χ0) is 16.8. The van der Waals surface area contributed by atoms with Gasteiger partial charge in [-0.1, -0.05) is 0 Å². The van der Waals surface area contributed by atoms with Gasteiger partial charge in [0.15, 0.2) is 0 Å². The third kappa shape index (κ3) is 3.90. The first-order chi connectivity index (χ1) is 11.1. The van der Waals surface area contributed by atoms with Crippen molar-refractivity contribution in [2.24, 2.45) is 0 Å². The number of aliphatic hydroxyl groups is 1. The molecule has 0 bridgehead atoms. The summed E-state index contributed by atoms with van der Waals surface area (Å²) in [4.78, 5) is 0. The van der Waals surface area contributed by atoms with Crippen LogP contribution in [0.15, 0.2) is 36.4 Å². The van der Waals surface area contributed by atoms with Crippen molar-refractivity contribution >= 4 is 5.69 Å². The number of ether oxygens (including phenoxy) is 2. The normalized spacial score (nSPS) is 11.4. The molecule has 0 aliphatic carbocycles.